The van der Waals surface area contributed by atoms with Crippen LogP contribution in [-0.4, -0.2) is 32.7 Å². The summed E-state index contributed by atoms with van der Waals surface area (Å²) < 4.78 is 1.49. The van der Waals surface area contributed by atoms with Crippen LogP contribution in [0, 0.1) is 6.92 Å². The fourth-order valence-electron chi connectivity index (χ4n) is 3.40. The van der Waals surface area contributed by atoms with Crippen LogP contribution in [0.25, 0.3) is 16.7 Å². The highest BCUT2D eigenvalue weighted by molar-refractivity contribution is 7.99. The van der Waals surface area contributed by atoms with Crippen LogP contribution in [-0.2, 0) is 11.2 Å². The number of aryl methyl sites for hydroxylation is 2. The van der Waals surface area contributed by atoms with Crippen molar-refractivity contribution in [2.24, 2.45) is 0 Å². The molecular formula is C25H24N4O2S. The molecule has 0 spiro atoms. The number of hydrogen-bond donors (Lipinski definition) is 1. The smallest absolute Gasteiger partial charge is 0.267 e. The van der Waals surface area contributed by atoms with Gasteiger partial charge >= 0.3 is 0 Å². The van der Waals surface area contributed by atoms with Crippen molar-refractivity contribution in [3.05, 3.63) is 94.4 Å². The third kappa shape index (κ3) is 5.23. The summed E-state index contributed by atoms with van der Waals surface area (Å²) in [7, 11) is 0. The molecule has 0 saturated carbocycles. The summed E-state index contributed by atoms with van der Waals surface area (Å²) in [4.78, 5) is 34.7. The first-order valence-electron chi connectivity index (χ1n) is 10.5. The maximum absolute atomic E-state index is 13.2. The van der Waals surface area contributed by atoms with E-state index in [9.17, 15) is 9.59 Å². The molecule has 0 saturated heterocycles. The molecule has 7 heteroatoms. The summed E-state index contributed by atoms with van der Waals surface area (Å²) in [5, 5.41) is 3.92. The van der Waals surface area contributed by atoms with E-state index < -0.39 is 0 Å². The Morgan fingerprint density at radius 2 is 1.84 bits per heavy atom. The van der Waals surface area contributed by atoms with E-state index in [-0.39, 0.29) is 17.2 Å². The molecule has 0 bridgehead atoms. The van der Waals surface area contributed by atoms with Crippen LogP contribution in [0.15, 0.2) is 82.9 Å². The van der Waals surface area contributed by atoms with Crippen molar-refractivity contribution >= 4 is 28.6 Å². The zero-order chi connectivity index (χ0) is 22.3. The number of amides is 1. The van der Waals surface area contributed by atoms with Gasteiger partial charge in [0.1, 0.15) is 5.82 Å². The first-order chi connectivity index (χ1) is 15.6. The second kappa shape index (κ2) is 10.2. The summed E-state index contributed by atoms with van der Waals surface area (Å²) in [6.07, 6.45) is 3.45. The standard InChI is InChI=1S/C25H24N4O2S/c1-18-13-15-26-22(16-18)29-24(31)20-11-5-6-12-21(20)28-25(29)32-17-23(30)27-14-7-10-19-8-3-2-4-9-19/h2-6,8-9,11-13,15-16H,7,10,14,17H2,1H3,(H,27,30). The normalized spacial score (nSPS) is 10.9. The molecule has 2 aromatic carbocycles. The lowest BCUT2D eigenvalue weighted by Gasteiger charge is -2.13. The SMILES string of the molecule is Cc1ccnc(-n2c(SCC(=O)NCCCc3ccccc3)nc3ccccc3c2=O)c1. The Hall–Kier alpha value is -3.45. The number of aromatic nitrogens is 3. The maximum atomic E-state index is 13.2. The fraction of sp³-hybridized carbons (Fsp3) is 0.200. The molecule has 2 aromatic heterocycles. The molecule has 0 unspecified atom stereocenters. The number of hydrogen-bond acceptors (Lipinski definition) is 5. The summed E-state index contributed by atoms with van der Waals surface area (Å²) in [6, 6.07) is 21.1. The van der Waals surface area contributed by atoms with E-state index in [2.05, 4.69) is 27.4 Å². The minimum atomic E-state index is -0.195. The Morgan fingerprint density at radius 1 is 1.06 bits per heavy atom. The second-order valence-corrected chi connectivity index (χ2v) is 8.41. The summed E-state index contributed by atoms with van der Waals surface area (Å²) in [5.41, 5.74) is 2.65. The Kier molecular flexibility index (Phi) is 6.97. The van der Waals surface area contributed by atoms with Gasteiger partial charge in [-0.25, -0.2) is 14.5 Å². The van der Waals surface area contributed by atoms with Gasteiger partial charge in [0, 0.05) is 12.7 Å². The van der Waals surface area contributed by atoms with Crippen LogP contribution >= 0.6 is 11.8 Å². The topological polar surface area (TPSA) is 76.9 Å². The van der Waals surface area contributed by atoms with E-state index in [1.807, 2.05) is 49.4 Å². The number of nitrogens with one attached hydrogen (secondary N) is 1. The van der Waals surface area contributed by atoms with Crippen molar-refractivity contribution in [1.29, 1.82) is 0 Å². The number of carbonyl (C=O) groups is 1. The zero-order valence-corrected chi connectivity index (χ0v) is 18.6. The molecule has 1 amide bonds. The van der Waals surface area contributed by atoms with E-state index in [1.54, 1.807) is 18.3 Å². The predicted octanol–water partition coefficient (Wildman–Crippen LogP) is 3.93. The number of rotatable bonds is 8. The van der Waals surface area contributed by atoms with Crippen molar-refractivity contribution in [1.82, 2.24) is 19.9 Å². The van der Waals surface area contributed by atoms with Gasteiger partial charge in [-0.2, -0.15) is 0 Å². The van der Waals surface area contributed by atoms with Crippen molar-refractivity contribution in [3.63, 3.8) is 0 Å². The molecule has 0 aliphatic carbocycles. The minimum absolute atomic E-state index is 0.0887. The van der Waals surface area contributed by atoms with Gasteiger partial charge in [0.2, 0.25) is 5.91 Å². The predicted molar refractivity (Wildman–Crippen MR) is 128 cm³/mol. The summed E-state index contributed by atoms with van der Waals surface area (Å²) >= 11 is 1.24. The lowest BCUT2D eigenvalue weighted by atomic mass is 10.1. The largest absolute Gasteiger partial charge is 0.355 e. The molecular weight excluding hydrogens is 420 g/mol. The maximum Gasteiger partial charge on any atom is 0.267 e. The second-order valence-electron chi connectivity index (χ2n) is 7.47. The van der Waals surface area contributed by atoms with E-state index in [4.69, 9.17) is 0 Å². The van der Waals surface area contributed by atoms with Gasteiger partial charge in [-0.05, 0) is 55.2 Å². The number of thioether (sulfide) groups is 1. The van der Waals surface area contributed by atoms with Crippen LogP contribution in [0.5, 0.6) is 0 Å². The third-order valence-electron chi connectivity index (χ3n) is 5.01. The number of benzene rings is 2. The first kappa shape index (κ1) is 21.8. The molecule has 4 rings (SSSR count). The first-order valence-corrected chi connectivity index (χ1v) is 11.5. The molecule has 2 heterocycles. The van der Waals surface area contributed by atoms with Crippen molar-refractivity contribution in [2.75, 3.05) is 12.3 Å². The van der Waals surface area contributed by atoms with Gasteiger partial charge in [-0.15, -0.1) is 0 Å². The van der Waals surface area contributed by atoms with E-state index >= 15 is 0 Å². The number of para-hydroxylation sites is 1. The lowest BCUT2D eigenvalue weighted by molar-refractivity contribution is -0.118. The lowest BCUT2D eigenvalue weighted by Crippen LogP contribution is -2.27. The molecule has 0 radical (unpaired) electrons. The van der Waals surface area contributed by atoms with Crippen LogP contribution in [0.3, 0.4) is 0 Å². The molecule has 6 nitrogen and oxygen atoms in total. The van der Waals surface area contributed by atoms with Gasteiger partial charge < -0.3 is 5.32 Å². The average Bonchev–Trinajstić information content (AvgIpc) is 2.81. The van der Waals surface area contributed by atoms with Crippen molar-refractivity contribution < 1.29 is 4.79 Å². The molecule has 162 valence electrons. The van der Waals surface area contributed by atoms with Gasteiger partial charge in [0.05, 0.1) is 16.7 Å². The minimum Gasteiger partial charge on any atom is -0.355 e. The molecule has 0 aliphatic heterocycles. The van der Waals surface area contributed by atoms with Crippen molar-refractivity contribution in [3.8, 4) is 5.82 Å². The number of carbonyl (C=O) groups excluding carboxylic acids is 1. The molecule has 4 aromatic rings. The van der Waals surface area contributed by atoms with Crippen LogP contribution in [0.4, 0.5) is 0 Å². The number of fused-ring (bicyclic) bond motifs is 1. The average molecular weight is 445 g/mol. The van der Waals surface area contributed by atoms with E-state index in [1.165, 1.54) is 21.9 Å². The Balaban J connectivity index is 1.47. The Bertz CT molecular complexity index is 1290. The fourth-order valence-corrected chi connectivity index (χ4v) is 4.23. The van der Waals surface area contributed by atoms with Crippen molar-refractivity contribution in [2.45, 2.75) is 24.9 Å². The summed E-state index contributed by atoms with van der Waals surface area (Å²) in [6.45, 7) is 2.55. The third-order valence-corrected chi connectivity index (χ3v) is 5.95. The Morgan fingerprint density at radius 3 is 2.66 bits per heavy atom. The molecule has 0 aliphatic rings. The summed E-state index contributed by atoms with van der Waals surface area (Å²) in [5.74, 6) is 0.579. The highest BCUT2D eigenvalue weighted by Gasteiger charge is 2.15. The van der Waals surface area contributed by atoms with Crippen LogP contribution in [0.2, 0.25) is 0 Å². The Labute approximate surface area is 190 Å². The van der Waals surface area contributed by atoms with Gasteiger partial charge in [0.15, 0.2) is 5.16 Å². The van der Waals surface area contributed by atoms with Gasteiger partial charge in [-0.1, -0.05) is 54.2 Å². The monoisotopic (exact) mass is 444 g/mol. The highest BCUT2D eigenvalue weighted by Crippen LogP contribution is 2.20. The van der Waals surface area contributed by atoms with E-state index in [0.29, 0.717) is 28.4 Å². The van der Waals surface area contributed by atoms with Gasteiger partial charge in [-0.3, -0.25) is 9.59 Å². The molecule has 0 atom stereocenters. The molecule has 1 N–H and O–H groups in total. The van der Waals surface area contributed by atoms with Crippen LogP contribution in [0.1, 0.15) is 17.5 Å². The quantitative estimate of drug-likeness (QED) is 0.253. The van der Waals surface area contributed by atoms with Gasteiger partial charge in [0.25, 0.3) is 5.56 Å². The van der Waals surface area contributed by atoms with E-state index in [0.717, 1.165) is 18.4 Å². The number of pyridine rings is 1. The molecule has 32 heavy (non-hydrogen) atoms. The van der Waals surface area contributed by atoms with Crippen LogP contribution < -0.4 is 10.9 Å². The highest BCUT2D eigenvalue weighted by atomic mass is 32.2. The zero-order valence-electron chi connectivity index (χ0n) is 17.8. The number of nitrogens with zero attached hydrogens (tertiary/aromatic N) is 3. The molecule has 0 fully saturated rings.